The smallest absolute Gasteiger partial charge is 0.270 e. The fourth-order valence-corrected chi connectivity index (χ4v) is 5.08. The van der Waals surface area contributed by atoms with Crippen molar-refractivity contribution in [2.24, 2.45) is 5.10 Å². The summed E-state index contributed by atoms with van der Waals surface area (Å²) in [6.45, 7) is 1.90. The van der Waals surface area contributed by atoms with E-state index >= 15 is 0 Å². The lowest BCUT2D eigenvalue weighted by molar-refractivity contribution is 0.0341. The van der Waals surface area contributed by atoms with Crippen molar-refractivity contribution in [3.63, 3.8) is 0 Å². The minimum absolute atomic E-state index is 0.216. The highest BCUT2D eigenvalue weighted by Crippen LogP contribution is 2.38. The Bertz CT molecular complexity index is 1050. The third-order valence-corrected chi connectivity index (χ3v) is 6.23. The van der Waals surface area contributed by atoms with Crippen LogP contribution in [-0.4, -0.2) is 54.8 Å². The Morgan fingerprint density at radius 2 is 1.85 bits per heavy atom. The Labute approximate surface area is 152 Å². The number of amidine groups is 1. The number of sulfonamides is 1. The molecule has 7 nitrogen and oxygen atoms in total. The summed E-state index contributed by atoms with van der Waals surface area (Å²) < 4.78 is 27.3. The number of carbonyl (C=O) groups excluding carboxylic acids is 1. The SMILES string of the molecule is Cc1cccc(C(=O)N2N=C3c4ccccc4S(=O)(=O)N3[C@@H]2N(C)C)c1. The maximum Gasteiger partial charge on any atom is 0.277 e. The minimum atomic E-state index is -3.77. The van der Waals surface area contributed by atoms with Crippen molar-refractivity contribution in [1.82, 2.24) is 14.2 Å². The zero-order valence-electron chi connectivity index (χ0n) is 14.6. The van der Waals surface area contributed by atoms with E-state index < -0.39 is 16.3 Å². The van der Waals surface area contributed by atoms with Gasteiger partial charge in [0, 0.05) is 11.1 Å². The highest BCUT2D eigenvalue weighted by Gasteiger charge is 2.52. The van der Waals surface area contributed by atoms with E-state index in [4.69, 9.17) is 0 Å². The number of aryl methyl sites for hydroxylation is 1. The number of carbonyl (C=O) groups is 1. The first-order valence-electron chi connectivity index (χ1n) is 8.11. The first-order valence-corrected chi connectivity index (χ1v) is 9.55. The first-order chi connectivity index (χ1) is 12.3. The van der Waals surface area contributed by atoms with Gasteiger partial charge in [-0.1, -0.05) is 29.8 Å². The van der Waals surface area contributed by atoms with Gasteiger partial charge in [0.2, 0.25) is 0 Å². The molecule has 0 bridgehead atoms. The second kappa shape index (κ2) is 5.65. The lowest BCUT2D eigenvalue weighted by Crippen LogP contribution is -2.53. The van der Waals surface area contributed by atoms with Gasteiger partial charge in [-0.05, 0) is 45.3 Å². The fourth-order valence-electron chi connectivity index (χ4n) is 3.29. The monoisotopic (exact) mass is 370 g/mol. The summed E-state index contributed by atoms with van der Waals surface area (Å²) in [6.07, 6.45) is -0.851. The first kappa shape index (κ1) is 16.7. The van der Waals surface area contributed by atoms with Crippen molar-refractivity contribution < 1.29 is 13.2 Å². The van der Waals surface area contributed by atoms with E-state index in [0.717, 1.165) is 5.56 Å². The molecule has 2 aliphatic heterocycles. The molecule has 26 heavy (non-hydrogen) atoms. The number of hydrogen-bond donors (Lipinski definition) is 0. The lowest BCUT2D eigenvalue weighted by atomic mass is 10.1. The minimum Gasteiger partial charge on any atom is -0.270 e. The lowest BCUT2D eigenvalue weighted by Gasteiger charge is -2.32. The quantitative estimate of drug-likeness (QED) is 0.806. The zero-order chi connectivity index (χ0) is 18.6. The second-order valence-electron chi connectivity index (χ2n) is 6.55. The summed E-state index contributed by atoms with van der Waals surface area (Å²) in [5.41, 5.74) is 1.93. The van der Waals surface area contributed by atoms with Gasteiger partial charge >= 0.3 is 0 Å². The molecule has 0 saturated heterocycles. The van der Waals surface area contributed by atoms with Crippen LogP contribution in [0.3, 0.4) is 0 Å². The molecule has 1 atom stereocenters. The van der Waals surface area contributed by atoms with Crippen LogP contribution in [0.25, 0.3) is 0 Å². The van der Waals surface area contributed by atoms with Crippen molar-refractivity contribution in [2.45, 2.75) is 18.1 Å². The molecule has 0 fully saturated rings. The van der Waals surface area contributed by atoms with Gasteiger partial charge in [0.25, 0.3) is 15.9 Å². The number of hydrogen-bond acceptors (Lipinski definition) is 5. The maximum absolute atomic E-state index is 13.0. The number of nitrogens with zero attached hydrogens (tertiary/aromatic N) is 4. The molecule has 0 saturated carbocycles. The van der Waals surface area contributed by atoms with Crippen LogP contribution in [0, 0.1) is 6.92 Å². The molecule has 2 aromatic carbocycles. The Morgan fingerprint density at radius 1 is 1.12 bits per heavy atom. The molecular formula is C18H18N4O3S. The summed E-state index contributed by atoms with van der Waals surface area (Å²) in [5, 5.41) is 5.63. The highest BCUT2D eigenvalue weighted by atomic mass is 32.2. The molecule has 2 aromatic rings. The topological polar surface area (TPSA) is 73.3 Å². The molecule has 0 spiro atoms. The molecule has 8 heteroatoms. The van der Waals surface area contributed by atoms with Gasteiger partial charge in [0.15, 0.2) is 12.1 Å². The van der Waals surface area contributed by atoms with E-state index in [0.29, 0.717) is 11.1 Å². The molecular weight excluding hydrogens is 352 g/mol. The fraction of sp³-hybridized carbons (Fsp3) is 0.222. The predicted octanol–water partition coefficient (Wildman–Crippen LogP) is 1.66. The average molecular weight is 370 g/mol. The molecule has 4 rings (SSSR count). The van der Waals surface area contributed by atoms with Crippen LogP contribution in [0.15, 0.2) is 58.5 Å². The van der Waals surface area contributed by atoms with Crippen molar-refractivity contribution >= 4 is 21.8 Å². The average Bonchev–Trinajstić information content (AvgIpc) is 3.10. The van der Waals surface area contributed by atoms with Gasteiger partial charge in [-0.2, -0.15) is 5.01 Å². The van der Waals surface area contributed by atoms with Crippen LogP contribution < -0.4 is 0 Å². The summed E-state index contributed by atoms with van der Waals surface area (Å²) in [5.74, 6) is -0.0673. The molecule has 2 heterocycles. The van der Waals surface area contributed by atoms with Crippen LogP contribution in [0.2, 0.25) is 0 Å². The molecule has 2 aliphatic rings. The van der Waals surface area contributed by atoms with Crippen molar-refractivity contribution in [3.8, 4) is 0 Å². The summed E-state index contributed by atoms with van der Waals surface area (Å²) in [6, 6.07) is 13.9. The van der Waals surface area contributed by atoms with Gasteiger partial charge in [-0.15, -0.1) is 5.10 Å². The van der Waals surface area contributed by atoms with Crippen LogP contribution >= 0.6 is 0 Å². The zero-order valence-corrected chi connectivity index (χ0v) is 15.4. The third-order valence-electron chi connectivity index (χ3n) is 4.44. The Kier molecular flexibility index (Phi) is 3.64. The molecule has 0 N–H and O–H groups in total. The predicted molar refractivity (Wildman–Crippen MR) is 96.8 cm³/mol. The van der Waals surface area contributed by atoms with Crippen LogP contribution in [0.1, 0.15) is 21.5 Å². The Balaban J connectivity index is 1.86. The van der Waals surface area contributed by atoms with E-state index in [1.54, 1.807) is 61.5 Å². The molecule has 0 radical (unpaired) electrons. The third kappa shape index (κ3) is 2.26. The van der Waals surface area contributed by atoms with Crippen molar-refractivity contribution in [3.05, 3.63) is 65.2 Å². The standard InChI is InChI=1S/C18H18N4O3S/c1-12-7-6-8-13(11-12)17(23)21-18(20(2)3)22-16(19-21)14-9-4-5-10-15(14)26(22,24)25/h4-11,18H,1-3H3/t18-/m1/s1. The van der Waals surface area contributed by atoms with Gasteiger partial charge < -0.3 is 0 Å². The van der Waals surface area contributed by atoms with Gasteiger partial charge in [-0.3, -0.25) is 9.69 Å². The Hall–Kier alpha value is -2.71. The molecule has 0 aromatic heterocycles. The number of rotatable bonds is 2. The summed E-state index contributed by atoms with van der Waals surface area (Å²) in [7, 11) is -0.326. The van der Waals surface area contributed by atoms with Crippen LogP contribution in [-0.2, 0) is 10.0 Å². The van der Waals surface area contributed by atoms with Crippen molar-refractivity contribution in [2.75, 3.05) is 14.1 Å². The van der Waals surface area contributed by atoms with Gasteiger partial charge in [0.05, 0.1) is 4.90 Å². The number of hydrazone groups is 1. The Morgan fingerprint density at radius 3 is 2.54 bits per heavy atom. The number of benzene rings is 2. The second-order valence-corrected chi connectivity index (χ2v) is 8.33. The van der Waals surface area contributed by atoms with Crippen LogP contribution in [0.4, 0.5) is 0 Å². The largest absolute Gasteiger partial charge is 0.277 e. The van der Waals surface area contributed by atoms with E-state index in [2.05, 4.69) is 5.10 Å². The highest BCUT2D eigenvalue weighted by molar-refractivity contribution is 7.90. The van der Waals surface area contributed by atoms with Crippen molar-refractivity contribution in [1.29, 1.82) is 0 Å². The number of amides is 1. The molecule has 1 amide bonds. The van der Waals surface area contributed by atoms with E-state index in [-0.39, 0.29) is 16.6 Å². The van der Waals surface area contributed by atoms with E-state index in [1.807, 2.05) is 13.0 Å². The summed E-state index contributed by atoms with van der Waals surface area (Å²) in [4.78, 5) is 14.9. The molecule has 134 valence electrons. The maximum atomic E-state index is 13.0. The molecule has 0 aliphatic carbocycles. The summed E-state index contributed by atoms with van der Waals surface area (Å²) >= 11 is 0. The van der Waals surface area contributed by atoms with E-state index in [1.165, 1.54) is 9.31 Å². The van der Waals surface area contributed by atoms with Gasteiger partial charge in [0.1, 0.15) is 0 Å². The number of fused-ring (bicyclic) bond motifs is 3. The van der Waals surface area contributed by atoms with Gasteiger partial charge in [-0.25, -0.2) is 12.7 Å². The van der Waals surface area contributed by atoms with Crippen LogP contribution in [0.5, 0.6) is 0 Å². The normalized spacial score (nSPS) is 20.2. The molecule has 0 unspecified atom stereocenters. The van der Waals surface area contributed by atoms with E-state index in [9.17, 15) is 13.2 Å².